The van der Waals surface area contributed by atoms with Gasteiger partial charge >= 0.3 is 6.18 Å². The topological polar surface area (TPSA) is 77.2 Å². The quantitative estimate of drug-likeness (QED) is 0.874. The summed E-state index contributed by atoms with van der Waals surface area (Å²) in [6, 6.07) is 2.75. The van der Waals surface area contributed by atoms with Gasteiger partial charge in [-0.1, -0.05) is 6.42 Å². The fourth-order valence-corrected chi connectivity index (χ4v) is 2.59. The van der Waals surface area contributed by atoms with Crippen molar-refractivity contribution in [1.29, 1.82) is 0 Å². The smallest absolute Gasteiger partial charge is 0.422 e. The molecule has 1 saturated carbocycles. The predicted octanol–water partition coefficient (Wildman–Crippen LogP) is 2.34. The average molecular weight is 317 g/mol. The van der Waals surface area contributed by atoms with Crippen LogP contribution in [0.3, 0.4) is 0 Å². The van der Waals surface area contributed by atoms with Gasteiger partial charge < -0.3 is 15.8 Å². The maximum atomic E-state index is 12.2. The first-order valence-electron chi connectivity index (χ1n) is 7.05. The molecule has 22 heavy (non-hydrogen) atoms. The summed E-state index contributed by atoms with van der Waals surface area (Å²) < 4.78 is 40.5. The number of amides is 1. The first-order chi connectivity index (χ1) is 10.4. The van der Waals surface area contributed by atoms with E-state index >= 15 is 0 Å². The zero-order chi connectivity index (χ0) is 16.2. The molecule has 1 aliphatic rings. The number of nitrogens with two attached hydrogens (primary N) is 1. The number of nitrogens with zero attached hydrogens (tertiary/aromatic N) is 1. The number of nitrogens with one attached hydrogen (secondary N) is 1. The van der Waals surface area contributed by atoms with E-state index in [0.717, 1.165) is 19.3 Å². The molecule has 3 N–H and O–H groups in total. The van der Waals surface area contributed by atoms with Crippen LogP contribution in [0.1, 0.15) is 19.3 Å². The molecule has 1 heterocycles. The molecule has 1 amide bonds. The van der Waals surface area contributed by atoms with E-state index in [0.29, 0.717) is 12.2 Å². The highest BCUT2D eigenvalue weighted by molar-refractivity contribution is 5.92. The van der Waals surface area contributed by atoms with Gasteiger partial charge in [-0.25, -0.2) is 4.98 Å². The summed E-state index contributed by atoms with van der Waals surface area (Å²) in [5.41, 5.74) is 6.07. The van der Waals surface area contributed by atoms with Gasteiger partial charge in [0.15, 0.2) is 6.61 Å². The summed E-state index contributed by atoms with van der Waals surface area (Å²) in [7, 11) is 0. The zero-order valence-electron chi connectivity index (χ0n) is 11.9. The minimum atomic E-state index is -4.41. The number of rotatable bonds is 5. The van der Waals surface area contributed by atoms with Gasteiger partial charge in [-0.2, -0.15) is 13.2 Å². The molecular weight excluding hydrogens is 299 g/mol. The Balaban J connectivity index is 1.89. The maximum absolute atomic E-state index is 12.2. The number of aromatic nitrogens is 1. The van der Waals surface area contributed by atoms with E-state index < -0.39 is 12.8 Å². The Morgan fingerprint density at radius 1 is 1.41 bits per heavy atom. The third kappa shape index (κ3) is 4.59. The van der Waals surface area contributed by atoms with Crippen molar-refractivity contribution in [3.05, 3.63) is 18.3 Å². The normalized spacial score (nSPS) is 21.6. The van der Waals surface area contributed by atoms with Crippen LogP contribution in [-0.2, 0) is 4.79 Å². The zero-order valence-corrected chi connectivity index (χ0v) is 11.9. The van der Waals surface area contributed by atoms with Crippen molar-refractivity contribution in [2.45, 2.75) is 25.4 Å². The lowest BCUT2D eigenvalue weighted by molar-refractivity contribution is -0.154. The van der Waals surface area contributed by atoms with E-state index in [2.05, 4.69) is 15.0 Å². The second-order valence-corrected chi connectivity index (χ2v) is 5.31. The largest absolute Gasteiger partial charge is 0.468 e. The van der Waals surface area contributed by atoms with Crippen molar-refractivity contribution in [3.8, 4) is 5.88 Å². The molecule has 1 aromatic heterocycles. The lowest BCUT2D eigenvalue weighted by Crippen LogP contribution is -2.29. The number of ether oxygens (including phenoxy) is 1. The molecule has 122 valence electrons. The molecule has 2 rings (SSSR count). The van der Waals surface area contributed by atoms with Crippen LogP contribution in [0.4, 0.5) is 18.9 Å². The van der Waals surface area contributed by atoms with Gasteiger partial charge in [0.1, 0.15) is 0 Å². The maximum Gasteiger partial charge on any atom is 0.422 e. The molecule has 0 bridgehead atoms. The Labute approximate surface area is 126 Å². The van der Waals surface area contributed by atoms with Crippen molar-refractivity contribution in [2.24, 2.45) is 17.6 Å². The summed E-state index contributed by atoms with van der Waals surface area (Å²) in [6.45, 7) is -0.924. The Kier molecular flexibility index (Phi) is 5.23. The monoisotopic (exact) mass is 317 g/mol. The first-order valence-corrected chi connectivity index (χ1v) is 7.05. The highest BCUT2D eigenvalue weighted by atomic mass is 19.4. The summed E-state index contributed by atoms with van der Waals surface area (Å²) in [6.07, 6.45) is -0.419. The summed E-state index contributed by atoms with van der Waals surface area (Å²) >= 11 is 0. The molecule has 0 unspecified atom stereocenters. The standard InChI is InChI=1S/C14H18F3N3O2/c15-14(16,17)8-22-12-5-4-10(7-19-12)20-13(21)11-3-1-2-9(11)6-18/h4-5,7,9,11H,1-3,6,8,18H2,(H,20,21)/t9-,11-/m1/s1. The van der Waals surface area contributed by atoms with Gasteiger partial charge in [0.2, 0.25) is 11.8 Å². The summed E-state index contributed by atoms with van der Waals surface area (Å²) in [5.74, 6) is -0.205. The average Bonchev–Trinajstić information content (AvgIpc) is 2.94. The Morgan fingerprint density at radius 2 is 2.18 bits per heavy atom. The van der Waals surface area contributed by atoms with Gasteiger partial charge in [-0.05, 0) is 31.4 Å². The second kappa shape index (κ2) is 6.95. The second-order valence-electron chi connectivity index (χ2n) is 5.31. The number of carbonyl (C=O) groups excluding carboxylic acids is 1. The molecule has 0 saturated heterocycles. The number of carbonyl (C=O) groups is 1. The van der Waals surface area contributed by atoms with E-state index in [4.69, 9.17) is 5.73 Å². The van der Waals surface area contributed by atoms with Crippen molar-refractivity contribution in [1.82, 2.24) is 4.98 Å². The lowest BCUT2D eigenvalue weighted by Gasteiger charge is -2.17. The number of hydrogen-bond donors (Lipinski definition) is 2. The molecule has 1 fully saturated rings. The number of alkyl halides is 3. The number of halogens is 3. The molecule has 1 aromatic rings. The molecular formula is C14H18F3N3O2. The lowest BCUT2D eigenvalue weighted by atomic mass is 9.95. The number of hydrogen-bond acceptors (Lipinski definition) is 4. The molecule has 0 spiro atoms. The first kappa shape index (κ1) is 16.5. The van der Waals surface area contributed by atoms with Gasteiger partial charge in [-0.15, -0.1) is 0 Å². The summed E-state index contributed by atoms with van der Waals surface area (Å²) in [4.78, 5) is 15.9. The Hall–Kier alpha value is -1.83. The molecule has 5 nitrogen and oxygen atoms in total. The number of pyridine rings is 1. The van der Waals surface area contributed by atoms with Crippen LogP contribution in [0.15, 0.2) is 18.3 Å². The van der Waals surface area contributed by atoms with E-state index in [1.165, 1.54) is 18.3 Å². The van der Waals surface area contributed by atoms with Crippen LogP contribution in [0.5, 0.6) is 5.88 Å². The fraction of sp³-hybridized carbons (Fsp3) is 0.571. The van der Waals surface area contributed by atoms with Crippen molar-refractivity contribution < 1.29 is 22.7 Å². The van der Waals surface area contributed by atoms with Gasteiger partial charge in [0, 0.05) is 12.0 Å². The van der Waals surface area contributed by atoms with Crippen LogP contribution in [-0.4, -0.2) is 30.2 Å². The Bertz CT molecular complexity index is 505. The van der Waals surface area contributed by atoms with Gasteiger partial charge in [0.25, 0.3) is 0 Å². The van der Waals surface area contributed by atoms with Crippen LogP contribution < -0.4 is 15.8 Å². The minimum Gasteiger partial charge on any atom is -0.468 e. The van der Waals surface area contributed by atoms with Crippen LogP contribution in [0, 0.1) is 11.8 Å². The van der Waals surface area contributed by atoms with Crippen molar-refractivity contribution >= 4 is 11.6 Å². The molecule has 8 heteroatoms. The Morgan fingerprint density at radius 3 is 2.77 bits per heavy atom. The van der Waals surface area contributed by atoms with Gasteiger partial charge in [-0.3, -0.25) is 4.79 Å². The minimum absolute atomic E-state index is 0.119. The highest BCUT2D eigenvalue weighted by Crippen LogP contribution is 2.31. The third-order valence-electron chi connectivity index (χ3n) is 3.69. The fourth-order valence-electron chi connectivity index (χ4n) is 2.59. The summed E-state index contributed by atoms with van der Waals surface area (Å²) in [5, 5.41) is 2.71. The van der Waals surface area contributed by atoms with Crippen molar-refractivity contribution in [2.75, 3.05) is 18.5 Å². The van der Waals surface area contributed by atoms with Crippen LogP contribution in [0.25, 0.3) is 0 Å². The van der Waals surface area contributed by atoms with Gasteiger partial charge in [0.05, 0.1) is 11.9 Å². The third-order valence-corrected chi connectivity index (χ3v) is 3.69. The molecule has 0 aliphatic heterocycles. The number of anilines is 1. The molecule has 1 aliphatic carbocycles. The SMILES string of the molecule is NC[C@H]1CCC[C@H]1C(=O)Nc1ccc(OCC(F)(F)F)nc1. The molecule has 0 radical (unpaired) electrons. The van der Waals surface area contributed by atoms with E-state index in [9.17, 15) is 18.0 Å². The predicted molar refractivity (Wildman–Crippen MR) is 74.3 cm³/mol. The van der Waals surface area contributed by atoms with E-state index in [1.54, 1.807) is 0 Å². The highest BCUT2D eigenvalue weighted by Gasteiger charge is 2.32. The molecule has 2 atom stereocenters. The van der Waals surface area contributed by atoms with Crippen LogP contribution >= 0.6 is 0 Å². The molecule has 0 aromatic carbocycles. The van der Waals surface area contributed by atoms with E-state index in [-0.39, 0.29) is 23.6 Å². The van der Waals surface area contributed by atoms with Crippen LogP contribution in [0.2, 0.25) is 0 Å². The van der Waals surface area contributed by atoms with E-state index in [1.807, 2.05) is 0 Å². The van der Waals surface area contributed by atoms with Crippen molar-refractivity contribution in [3.63, 3.8) is 0 Å².